The molecule has 0 aliphatic carbocycles. The Morgan fingerprint density at radius 1 is 1.18 bits per heavy atom. The van der Waals surface area contributed by atoms with Gasteiger partial charge in [-0.15, -0.1) is 22.9 Å². The SMILES string of the molecule is COc1cc(C(Cl)c2ccc(C)s2)ccc1C. The van der Waals surface area contributed by atoms with Crippen LogP contribution in [0.1, 0.15) is 26.3 Å². The van der Waals surface area contributed by atoms with E-state index < -0.39 is 0 Å². The van der Waals surface area contributed by atoms with Gasteiger partial charge in [-0.3, -0.25) is 0 Å². The number of alkyl halides is 1. The standard InChI is InChI=1S/C14H15ClOS/c1-9-4-6-11(8-12(9)16-3)14(15)13-7-5-10(2)17-13/h4-8,14H,1-3H3. The highest BCUT2D eigenvalue weighted by Gasteiger charge is 2.14. The van der Waals surface area contributed by atoms with Gasteiger partial charge in [0.1, 0.15) is 5.75 Å². The van der Waals surface area contributed by atoms with Gasteiger partial charge in [0, 0.05) is 9.75 Å². The van der Waals surface area contributed by atoms with Crippen molar-refractivity contribution in [3.8, 4) is 5.75 Å². The largest absolute Gasteiger partial charge is 0.496 e. The third-order valence-corrected chi connectivity index (χ3v) is 4.42. The number of hydrogen-bond acceptors (Lipinski definition) is 2. The van der Waals surface area contributed by atoms with E-state index in [1.807, 2.05) is 19.1 Å². The van der Waals surface area contributed by atoms with Crippen molar-refractivity contribution < 1.29 is 4.74 Å². The van der Waals surface area contributed by atoms with Crippen LogP contribution in [-0.2, 0) is 0 Å². The highest BCUT2D eigenvalue weighted by Crippen LogP contribution is 2.35. The Labute approximate surface area is 111 Å². The lowest BCUT2D eigenvalue weighted by Gasteiger charge is -2.11. The van der Waals surface area contributed by atoms with Crippen LogP contribution in [0.2, 0.25) is 0 Å². The fourth-order valence-corrected chi connectivity index (χ4v) is 2.97. The number of ether oxygens (including phenoxy) is 1. The summed E-state index contributed by atoms with van der Waals surface area (Å²) in [5, 5.41) is -0.0943. The van der Waals surface area contributed by atoms with E-state index in [0.717, 1.165) is 16.9 Å². The zero-order chi connectivity index (χ0) is 12.4. The minimum atomic E-state index is -0.0943. The molecule has 0 fully saturated rings. The molecule has 3 heteroatoms. The summed E-state index contributed by atoms with van der Waals surface area (Å²) in [6.07, 6.45) is 0. The van der Waals surface area contributed by atoms with Gasteiger partial charge in [-0.25, -0.2) is 0 Å². The van der Waals surface area contributed by atoms with Crippen LogP contribution in [0.25, 0.3) is 0 Å². The van der Waals surface area contributed by atoms with E-state index in [1.165, 1.54) is 9.75 Å². The maximum absolute atomic E-state index is 6.48. The van der Waals surface area contributed by atoms with Gasteiger partial charge in [-0.1, -0.05) is 12.1 Å². The van der Waals surface area contributed by atoms with Crippen LogP contribution >= 0.6 is 22.9 Å². The minimum Gasteiger partial charge on any atom is -0.496 e. The summed E-state index contributed by atoms with van der Waals surface area (Å²) in [6.45, 7) is 4.12. The van der Waals surface area contributed by atoms with Crippen molar-refractivity contribution in [1.82, 2.24) is 0 Å². The van der Waals surface area contributed by atoms with Crippen molar-refractivity contribution in [2.45, 2.75) is 19.2 Å². The topological polar surface area (TPSA) is 9.23 Å². The fraction of sp³-hybridized carbons (Fsp3) is 0.286. The summed E-state index contributed by atoms with van der Waals surface area (Å²) in [4.78, 5) is 2.46. The van der Waals surface area contributed by atoms with E-state index in [-0.39, 0.29) is 5.38 Å². The molecule has 1 heterocycles. The number of halogens is 1. The molecule has 0 saturated heterocycles. The predicted octanol–water partition coefficient (Wildman–Crippen LogP) is 4.70. The first kappa shape index (κ1) is 12.5. The summed E-state index contributed by atoms with van der Waals surface area (Å²) in [5.74, 6) is 0.890. The molecule has 0 spiro atoms. The Hall–Kier alpha value is -0.990. The average molecular weight is 267 g/mol. The molecule has 0 aliphatic heterocycles. The van der Waals surface area contributed by atoms with Gasteiger partial charge in [0.05, 0.1) is 12.5 Å². The fourth-order valence-electron chi connectivity index (χ4n) is 1.75. The molecule has 0 radical (unpaired) electrons. The molecule has 2 aromatic rings. The van der Waals surface area contributed by atoms with Crippen LogP contribution in [0.4, 0.5) is 0 Å². The number of rotatable bonds is 3. The highest BCUT2D eigenvalue weighted by molar-refractivity contribution is 7.12. The van der Waals surface area contributed by atoms with E-state index in [2.05, 4.69) is 25.1 Å². The molecule has 1 unspecified atom stereocenters. The summed E-state index contributed by atoms with van der Waals surface area (Å²) < 4.78 is 5.32. The van der Waals surface area contributed by atoms with Crippen molar-refractivity contribution in [3.05, 3.63) is 51.2 Å². The predicted molar refractivity (Wildman–Crippen MR) is 74.5 cm³/mol. The number of hydrogen-bond donors (Lipinski definition) is 0. The smallest absolute Gasteiger partial charge is 0.122 e. The summed E-state index contributed by atoms with van der Waals surface area (Å²) in [5.41, 5.74) is 2.21. The van der Waals surface area contributed by atoms with Crippen LogP contribution in [0, 0.1) is 13.8 Å². The van der Waals surface area contributed by atoms with Gasteiger partial charge >= 0.3 is 0 Å². The van der Waals surface area contributed by atoms with Crippen molar-refractivity contribution in [3.63, 3.8) is 0 Å². The zero-order valence-corrected chi connectivity index (χ0v) is 11.7. The molecule has 0 N–H and O–H groups in total. The lowest BCUT2D eigenvalue weighted by molar-refractivity contribution is 0.411. The molecule has 0 bridgehead atoms. The normalized spacial score (nSPS) is 12.5. The lowest BCUT2D eigenvalue weighted by atomic mass is 10.1. The summed E-state index contributed by atoms with van der Waals surface area (Å²) in [7, 11) is 1.69. The molecule has 1 nitrogen and oxygen atoms in total. The van der Waals surface area contributed by atoms with E-state index in [4.69, 9.17) is 16.3 Å². The highest BCUT2D eigenvalue weighted by atomic mass is 35.5. The minimum absolute atomic E-state index is 0.0943. The molecule has 1 aromatic heterocycles. The molecular formula is C14H15ClOS. The molecule has 90 valence electrons. The summed E-state index contributed by atoms with van der Waals surface area (Å²) in [6, 6.07) is 10.3. The molecule has 0 amide bonds. The first-order chi connectivity index (χ1) is 8.11. The Bertz CT molecular complexity index is 519. The van der Waals surface area contributed by atoms with Gasteiger partial charge in [0.25, 0.3) is 0 Å². The number of aryl methyl sites for hydroxylation is 2. The zero-order valence-electron chi connectivity index (χ0n) is 10.2. The second-order valence-electron chi connectivity index (χ2n) is 4.04. The molecule has 17 heavy (non-hydrogen) atoms. The average Bonchev–Trinajstić information content (AvgIpc) is 2.75. The first-order valence-corrected chi connectivity index (χ1v) is 6.72. The summed E-state index contributed by atoms with van der Waals surface area (Å²) >= 11 is 8.22. The maximum atomic E-state index is 6.48. The van der Waals surface area contributed by atoms with Crippen LogP contribution < -0.4 is 4.74 Å². The molecule has 0 aliphatic rings. The number of thiophene rings is 1. The Morgan fingerprint density at radius 3 is 2.53 bits per heavy atom. The van der Waals surface area contributed by atoms with Crippen molar-refractivity contribution in [1.29, 1.82) is 0 Å². The van der Waals surface area contributed by atoms with Crippen LogP contribution in [0.5, 0.6) is 5.75 Å². The Kier molecular flexibility index (Phi) is 3.75. The quantitative estimate of drug-likeness (QED) is 0.732. The first-order valence-electron chi connectivity index (χ1n) is 5.46. The van der Waals surface area contributed by atoms with Crippen molar-refractivity contribution in [2.75, 3.05) is 7.11 Å². The van der Waals surface area contributed by atoms with Gasteiger partial charge in [-0.05, 0) is 43.2 Å². The van der Waals surface area contributed by atoms with Gasteiger partial charge in [0.2, 0.25) is 0 Å². The monoisotopic (exact) mass is 266 g/mol. The number of methoxy groups -OCH3 is 1. The second-order valence-corrected chi connectivity index (χ2v) is 5.80. The van der Waals surface area contributed by atoms with Crippen LogP contribution in [-0.4, -0.2) is 7.11 Å². The van der Waals surface area contributed by atoms with Gasteiger partial charge in [0.15, 0.2) is 0 Å². The van der Waals surface area contributed by atoms with E-state index >= 15 is 0 Å². The lowest BCUT2D eigenvalue weighted by Crippen LogP contribution is -1.93. The van der Waals surface area contributed by atoms with Gasteiger partial charge in [-0.2, -0.15) is 0 Å². The van der Waals surface area contributed by atoms with Crippen molar-refractivity contribution in [2.24, 2.45) is 0 Å². The van der Waals surface area contributed by atoms with Crippen molar-refractivity contribution >= 4 is 22.9 Å². The van der Waals surface area contributed by atoms with E-state index in [0.29, 0.717) is 0 Å². The molecule has 1 atom stereocenters. The van der Waals surface area contributed by atoms with Crippen LogP contribution in [0.15, 0.2) is 30.3 Å². The molecular weight excluding hydrogens is 252 g/mol. The molecule has 0 saturated carbocycles. The Balaban J connectivity index is 2.34. The third-order valence-electron chi connectivity index (χ3n) is 2.74. The molecule has 2 rings (SSSR count). The maximum Gasteiger partial charge on any atom is 0.122 e. The Morgan fingerprint density at radius 2 is 1.94 bits per heavy atom. The third kappa shape index (κ3) is 2.64. The van der Waals surface area contributed by atoms with E-state index in [9.17, 15) is 0 Å². The van der Waals surface area contributed by atoms with Crippen LogP contribution in [0.3, 0.4) is 0 Å². The van der Waals surface area contributed by atoms with Gasteiger partial charge < -0.3 is 4.74 Å². The second kappa shape index (κ2) is 5.11. The molecule has 1 aromatic carbocycles. The number of benzene rings is 1. The van der Waals surface area contributed by atoms with E-state index in [1.54, 1.807) is 18.4 Å².